The maximum Gasteiger partial charge on any atom is 0.341 e. The van der Waals surface area contributed by atoms with Gasteiger partial charge in [0.15, 0.2) is 0 Å². The minimum atomic E-state index is -4.69. The molecule has 0 heterocycles. The third kappa shape index (κ3) is 6.79. The molecule has 6 nitrogen and oxygen atoms in total. The van der Waals surface area contributed by atoms with E-state index in [1.54, 1.807) is 0 Å². The lowest BCUT2D eigenvalue weighted by Gasteiger charge is -2.09. The summed E-state index contributed by atoms with van der Waals surface area (Å²) < 4.78 is 53.2. The van der Waals surface area contributed by atoms with Crippen molar-refractivity contribution in [3.8, 4) is 0 Å². The number of sulfone groups is 1. The fourth-order valence-electron chi connectivity index (χ4n) is 1.75. The number of alkyl halides is 2. The third-order valence-electron chi connectivity index (χ3n) is 3.05. The minimum absolute atomic E-state index is 0.119. The third-order valence-corrected chi connectivity index (χ3v) is 4.43. The van der Waals surface area contributed by atoms with Crippen LogP contribution in [0.1, 0.15) is 26.2 Å². The van der Waals surface area contributed by atoms with Crippen LogP contribution in [0.4, 0.5) is 19.3 Å². The number of hydrogen-bond donors (Lipinski definition) is 2. The number of rotatable bonds is 10. The van der Waals surface area contributed by atoms with Gasteiger partial charge in [-0.05, 0) is 31.0 Å². The molecule has 1 aromatic rings. The van der Waals surface area contributed by atoms with Crippen molar-refractivity contribution in [2.24, 2.45) is 0 Å². The van der Waals surface area contributed by atoms with Crippen molar-refractivity contribution in [2.45, 2.75) is 36.8 Å². The van der Waals surface area contributed by atoms with Crippen LogP contribution in [-0.4, -0.2) is 40.0 Å². The van der Waals surface area contributed by atoms with Gasteiger partial charge in [-0.15, -0.1) is 0 Å². The predicted molar refractivity (Wildman–Crippen MR) is 87.0 cm³/mol. The van der Waals surface area contributed by atoms with Crippen LogP contribution in [0.3, 0.4) is 0 Å². The van der Waals surface area contributed by atoms with Crippen LogP contribution in [-0.2, 0) is 14.6 Å². The van der Waals surface area contributed by atoms with Gasteiger partial charge in [0, 0.05) is 25.4 Å². The summed E-state index contributed by atoms with van der Waals surface area (Å²) in [4.78, 5) is 11.1. The average molecular weight is 364 g/mol. The fraction of sp³-hybridized carbons (Fsp3) is 0.533. The first-order chi connectivity index (χ1) is 11.4. The van der Waals surface area contributed by atoms with Crippen LogP contribution in [0.15, 0.2) is 29.2 Å². The first kappa shape index (κ1) is 20.3. The molecule has 0 bridgehead atoms. The Morgan fingerprint density at radius 1 is 1.25 bits per heavy atom. The van der Waals surface area contributed by atoms with E-state index in [1.165, 1.54) is 12.1 Å². The Morgan fingerprint density at radius 3 is 2.62 bits per heavy atom. The molecule has 9 heteroatoms. The monoisotopic (exact) mass is 364 g/mol. The van der Waals surface area contributed by atoms with E-state index < -0.39 is 26.5 Å². The summed E-state index contributed by atoms with van der Waals surface area (Å²) in [5.41, 5.74) is 0.119. The van der Waals surface area contributed by atoms with Gasteiger partial charge in [0.25, 0.3) is 0 Å². The molecule has 1 aromatic carbocycles. The smallest absolute Gasteiger partial charge is 0.341 e. The molecule has 0 aliphatic heterocycles. The Kier molecular flexibility index (Phi) is 8.62. The van der Waals surface area contributed by atoms with E-state index >= 15 is 0 Å². The highest BCUT2D eigenvalue weighted by molar-refractivity contribution is 7.91. The summed E-state index contributed by atoms with van der Waals surface area (Å²) in [6, 6.07) is 4.20. The Hall–Kier alpha value is -1.74. The molecule has 2 amide bonds. The molecule has 0 unspecified atom stereocenters. The van der Waals surface area contributed by atoms with Gasteiger partial charge in [-0.2, -0.15) is 8.78 Å². The number of urea groups is 1. The summed E-state index contributed by atoms with van der Waals surface area (Å²) in [6.45, 7) is 3.67. The molecule has 0 radical (unpaired) electrons. The van der Waals surface area contributed by atoms with Crippen molar-refractivity contribution < 1.29 is 26.7 Å². The highest BCUT2D eigenvalue weighted by Crippen LogP contribution is 2.21. The van der Waals surface area contributed by atoms with Crippen molar-refractivity contribution in [3.63, 3.8) is 0 Å². The number of hydrogen-bond acceptors (Lipinski definition) is 4. The molecule has 0 saturated carbocycles. The number of ether oxygens (including phenoxy) is 1. The molecule has 0 spiro atoms. The first-order valence-corrected chi connectivity index (χ1v) is 9.17. The molecular formula is C15H22F2N2O4S. The lowest BCUT2D eigenvalue weighted by atomic mass is 10.3. The second-order valence-electron chi connectivity index (χ2n) is 5.03. The molecule has 0 aromatic heterocycles. The van der Waals surface area contributed by atoms with Crippen molar-refractivity contribution in [1.29, 1.82) is 0 Å². The van der Waals surface area contributed by atoms with Crippen LogP contribution in [0.2, 0.25) is 0 Å². The van der Waals surface area contributed by atoms with E-state index in [1.807, 2.05) is 0 Å². The number of carbonyl (C=O) groups is 1. The van der Waals surface area contributed by atoms with Crippen molar-refractivity contribution in [1.82, 2.24) is 5.32 Å². The summed E-state index contributed by atoms with van der Waals surface area (Å²) in [7, 11) is -4.69. The molecule has 2 N–H and O–H groups in total. The van der Waals surface area contributed by atoms with E-state index in [4.69, 9.17) is 4.74 Å². The van der Waals surface area contributed by atoms with Gasteiger partial charge in [-0.3, -0.25) is 0 Å². The maximum atomic E-state index is 12.5. The zero-order valence-electron chi connectivity index (χ0n) is 13.4. The van der Waals surface area contributed by atoms with Crippen LogP contribution >= 0.6 is 0 Å². The second kappa shape index (κ2) is 10.2. The SMILES string of the molecule is CCCCOCCCNC(=O)Nc1cccc(S(=O)(=O)C(F)F)c1. The second-order valence-corrected chi connectivity index (χ2v) is 6.95. The maximum absolute atomic E-state index is 12.5. The summed E-state index contributed by atoms with van der Waals surface area (Å²) in [5, 5.41) is 4.98. The van der Waals surface area contributed by atoms with Gasteiger partial charge in [0.05, 0.1) is 4.90 Å². The quantitative estimate of drug-likeness (QED) is 0.625. The zero-order chi connectivity index (χ0) is 18.0. The topological polar surface area (TPSA) is 84.5 Å². The zero-order valence-corrected chi connectivity index (χ0v) is 14.2. The van der Waals surface area contributed by atoms with Crippen LogP contribution in [0.5, 0.6) is 0 Å². The van der Waals surface area contributed by atoms with Gasteiger partial charge in [0.1, 0.15) is 0 Å². The summed E-state index contributed by atoms with van der Waals surface area (Å²) >= 11 is 0. The predicted octanol–water partition coefficient (Wildman–Crippen LogP) is 3.01. The van der Waals surface area contributed by atoms with Gasteiger partial charge < -0.3 is 15.4 Å². The number of halogens is 2. The van der Waals surface area contributed by atoms with Gasteiger partial charge >= 0.3 is 11.8 Å². The lowest BCUT2D eigenvalue weighted by Crippen LogP contribution is -2.30. The van der Waals surface area contributed by atoms with Gasteiger partial charge in [-0.25, -0.2) is 13.2 Å². The number of benzene rings is 1. The molecular weight excluding hydrogens is 342 g/mol. The molecule has 24 heavy (non-hydrogen) atoms. The molecule has 136 valence electrons. The standard InChI is InChI=1S/C15H22F2N2O4S/c1-2-3-9-23-10-5-8-18-15(20)19-12-6-4-7-13(11-12)24(21,22)14(16)17/h4,6-7,11,14H,2-3,5,8-10H2,1H3,(H2,18,19,20). The number of carbonyl (C=O) groups excluding carboxylic acids is 1. The summed E-state index contributed by atoms with van der Waals surface area (Å²) in [5.74, 6) is -3.51. The normalized spacial score (nSPS) is 11.5. The number of nitrogens with one attached hydrogen (secondary N) is 2. The Labute approximate surface area is 140 Å². The fourth-order valence-corrected chi connectivity index (χ4v) is 2.52. The highest BCUT2D eigenvalue weighted by Gasteiger charge is 2.26. The van der Waals surface area contributed by atoms with E-state index in [0.717, 1.165) is 25.0 Å². The Balaban J connectivity index is 2.42. The van der Waals surface area contributed by atoms with Gasteiger partial charge in [0.2, 0.25) is 9.84 Å². The Bertz CT molecular complexity index is 624. The molecule has 0 atom stereocenters. The molecule has 0 aliphatic carbocycles. The van der Waals surface area contributed by atoms with E-state index in [0.29, 0.717) is 26.2 Å². The number of anilines is 1. The summed E-state index contributed by atoms with van der Waals surface area (Å²) in [6.07, 6.45) is 2.68. The van der Waals surface area contributed by atoms with Crippen molar-refractivity contribution in [3.05, 3.63) is 24.3 Å². The molecule has 1 rings (SSSR count). The largest absolute Gasteiger partial charge is 0.381 e. The van der Waals surface area contributed by atoms with Crippen LogP contribution < -0.4 is 10.6 Å². The molecule has 0 saturated heterocycles. The van der Waals surface area contributed by atoms with E-state index in [2.05, 4.69) is 17.6 Å². The van der Waals surface area contributed by atoms with E-state index in [-0.39, 0.29) is 5.69 Å². The van der Waals surface area contributed by atoms with Crippen molar-refractivity contribution in [2.75, 3.05) is 25.1 Å². The number of unbranched alkanes of at least 4 members (excludes halogenated alkanes) is 1. The van der Waals surface area contributed by atoms with Crippen molar-refractivity contribution >= 4 is 21.6 Å². The molecule has 0 aliphatic rings. The molecule has 0 fully saturated rings. The minimum Gasteiger partial charge on any atom is -0.381 e. The highest BCUT2D eigenvalue weighted by atomic mass is 32.2. The van der Waals surface area contributed by atoms with Crippen LogP contribution in [0, 0.1) is 0 Å². The Morgan fingerprint density at radius 2 is 1.96 bits per heavy atom. The lowest BCUT2D eigenvalue weighted by molar-refractivity contribution is 0.129. The van der Waals surface area contributed by atoms with E-state index in [9.17, 15) is 22.0 Å². The van der Waals surface area contributed by atoms with Crippen LogP contribution in [0.25, 0.3) is 0 Å². The van der Waals surface area contributed by atoms with Gasteiger partial charge in [-0.1, -0.05) is 19.4 Å². The average Bonchev–Trinajstić information content (AvgIpc) is 2.54. The first-order valence-electron chi connectivity index (χ1n) is 7.62. The number of amides is 2.